The molecule has 0 spiro atoms. The van der Waals surface area contributed by atoms with Crippen molar-refractivity contribution >= 4 is 34.8 Å². The van der Waals surface area contributed by atoms with Crippen LogP contribution in [-0.2, 0) is 4.79 Å². The molecule has 1 amide bonds. The Labute approximate surface area is 132 Å². The number of halogens is 1. The van der Waals surface area contributed by atoms with Crippen LogP contribution in [0.4, 0.5) is 5.69 Å². The minimum atomic E-state index is 0. The lowest BCUT2D eigenvalue weighted by Crippen LogP contribution is -2.46. The molecule has 0 saturated heterocycles. The van der Waals surface area contributed by atoms with E-state index in [1.165, 1.54) is 0 Å². The predicted octanol–water partition coefficient (Wildman–Crippen LogP) is 4.18. The molecule has 0 atom stereocenters. The number of anilines is 1. The minimum absolute atomic E-state index is 0. The lowest BCUT2D eigenvalue weighted by atomic mass is 10.0. The summed E-state index contributed by atoms with van der Waals surface area (Å²) >= 11 is 0. The van der Waals surface area contributed by atoms with Crippen LogP contribution in [-0.4, -0.2) is 24.0 Å². The van der Waals surface area contributed by atoms with Gasteiger partial charge in [0.1, 0.15) is 0 Å². The molecule has 0 aliphatic heterocycles. The van der Waals surface area contributed by atoms with E-state index in [9.17, 15) is 4.79 Å². The van der Waals surface area contributed by atoms with Crippen molar-refractivity contribution in [3.8, 4) is 0 Å². The van der Waals surface area contributed by atoms with Gasteiger partial charge in [-0.05, 0) is 17.9 Å². The zero-order valence-corrected chi connectivity index (χ0v) is 13.9. The zero-order valence-electron chi connectivity index (χ0n) is 13.1. The van der Waals surface area contributed by atoms with Gasteiger partial charge in [0.25, 0.3) is 0 Å². The van der Waals surface area contributed by atoms with Crippen molar-refractivity contribution in [2.45, 2.75) is 27.7 Å². The summed E-state index contributed by atoms with van der Waals surface area (Å²) in [6, 6.07) is 12.4. The molecule has 0 saturated carbocycles. The number of nitrogens with zero attached hydrogens (tertiary/aromatic N) is 2. The minimum Gasteiger partial charge on any atom is -0.273 e. The van der Waals surface area contributed by atoms with Gasteiger partial charge in [0.15, 0.2) is 0 Å². The molecule has 0 bridgehead atoms. The maximum absolute atomic E-state index is 12.2. The van der Waals surface area contributed by atoms with Crippen LogP contribution in [0.2, 0.25) is 0 Å². The quantitative estimate of drug-likeness (QED) is 0.791. The Bertz CT molecular complexity index is 623. The first kappa shape index (κ1) is 17.5. The summed E-state index contributed by atoms with van der Waals surface area (Å²) in [7, 11) is 0. The highest BCUT2D eigenvalue weighted by molar-refractivity contribution is 6.03. The van der Waals surface area contributed by atoms with Gasteiger partial charge in [-0.25, -0.2) is 10.0 Å². The summed E-state index contributed by atoms with van der Waals surface area (Å²) in [5, 5.41) is 6.16. The monoisotopic (exact) mass is 306 g/mol. The van der Waals surface area contributed by atoms with Crippen molar-refractivity contribution in [1.82, 2.24) is 5.01 Å². The molecular formula is C17H23ClN2O. The Hall–Kier alpha value is -1.58. The van der Waals surface area contributed by atoms with Crippen LogP contribution < -0.4 is 5.01 Å². The highest BCUT2D eigenvalue weighted by atomic mass is 35.5. The lowest BCUT2D eigenvalue weighted by molar-refractivity contribution is -0.119. The summed E-state index contributed by atoms with van der Waals surface area (Å²) in [5.41, 5.74) is 2.12. The van der Waals surface area contributed by atoms with E-state index in [-0.39, 0.29) is 18.3 Å². The number of aryl methyl sites for hydroxylation is 1. The number of rotatable bonds is 4. The average Bonchev–Trinajstić information content (AvgIpc) is 2.45. The predicted molar refractivity (Wildman–Crippen MR) is 92.0 cm³/mol. The van der Waals surface area contributed by atoms with Crippen molar-refractivity contribution in [3.63, 3.8) is 0 Å². The third kappa shape index (κ3) is 3.36. The topological polar surface area (TPSA) is 23.6 Å². The van der Waals surface area contributed by atoms with E-state index in [4.69, 9.17) is 0 Å². The van der Waals surface area contributed by atoms with Gasteiger partial charge in [-0.1, -0.05) is 50.2 Å². The first-order chi connectivity index (χ1) is 9.60. The fourth-order valence-electron chi connectivity index (χ4n) is 2.65. The number of carbonyl (C=O) groups excluding carboxylic acids is 1. The van der Waals surface area contributed by atoms with Gasteiger partial charge >= 0.3 is 0 Å². The van der Waals surface area contributed by atoms with E-state index < -0.39 is 0 Å². The molecule has 0 unspecified atom stereocenters. The number of hydrogen-bond donors (Lipinski definition) is 0. The number of fused-ring (bicyclic) bond motifs is 1. The summed E-state index contributed by atoms with van der Waals surface area (Å²) in [5.74, 6) is 0.0492. The molecule has 0 radical (unpaired) electrons. The molecule has 2 aromatic carbocycles. The van der Waals surface area contributed by atoms with E-state index in [1.807, 2.05) is 17.1 Å². The number of hydrazine groups is 1. The Morgan fingerprint density at radius 2 is 1.67 bits per heavy atom. The van der Waals surface area contributed by atoms with Crippen LogP contribution in [0.5, 0.6) is 0 Å². The molecule has 21 heavy (non-hydrogen) atoms. The summed E-state index contributed by atoms with van der Waals surface area (Å²) in [4.78, 5) is 12.2. The molecule has 0 heterocycles. The van der Waals surface area contributed by atoms with Gasteiger partial charge in [-0.15, -0.1) is 12.4 Å². The van der Waals surface area contributed by atoms with Gasteiger partial charge in [0, 0.05) is 25.4 Å². The van der Waals surface area contributed by atoms with Crippen LogP contribution in [0, 0.1) is 6.92 Å². The van der Waals surface area contributed by atoms with Crippen LogP contribution in [0.15, 0.2) is 36.4 Å². The van der Waals surface area contributed by atoms with E-state index in [1.54, 1.807) is 6.92 Å². The molecule has 3 nitrogen and oxygen atoms in total. The van der Waals surface area contributed by atoms with Crippen molar-refractivity contribution in [1.29, 1.82) is 0 Å². The van der Waals surface area contributed by atoms with Crippen molar-refractivity contribution < 1.29 is 4.79 Å². The van der Waals surface area contributed by atoms with Crippen LogP contribution in [0.3, 0.4) is 0 Å². The molecule has 0 fully saturated rings. The van der Waals surface area contributed by atoms with Crippen molar-refractivity contribution in [2.24, 2.45) is 0 Å². The fourth-order valence-corrected chi connectivity index (χ4v) is 2.65. The fraction of sp³-hybridized carbons (Fsp3) is 0.353. The van der Waals surface area contributed by atoms with Crippen molar-refractivity contribution in [2.75, 3.05) is 18.1 Å². The highest BCUT2D eigenvalue weighted by Crippen LogP contribution is 2.31. The standard InChI is InChI=1S/C17H22N2O.ClH/c1-5-18(6-2)19(14(4)20)17-13(3)11-12-15-9-7-8-10-16(15)17;/h7-12H,5-6H2,1-4H3;1H. The molecule has 114 valence electrons. The van der Waals surface area contributed by atoms with Gasteiger partial charge in [-0.3, -0.25) is 4.79 Å². The summed E-state index contributed by atoms with van der Waals surface area (Å²) in [6.45, 7) is 9.43. The SMILES string of the molecule is CCN(CC)N(C(C)=O)c1c(C)ccc2ccccc12.Cl. The second kappa shape index (κ2) is 7.43. The van der Waals surface area contributed by atoms with E-state index in [0.29, 0.717) is 0 Å². The maximum atomic E-state index is 12.2. The summed E-state index contributed by atoms with van der Waals surface area (Å²) < 4.78 is 0. The van der Waals surface area contributed by atoms with E-state index in [2.05, 4.69) is 50.0 Å². The molecule has 0 aromatic heterocycles. The second-order valence-corrected chi connectivity index (χ2v) is 4.92. The molecule has 2 aromatic rings. The molecular weight excluding hydrogens is 284 g/mol. The third-order valence-corrected chi connectivity index (χ3v) is 3.63. The normalized spacial score (nSPS) is 10.5. The average molecular weight is 307 g/mol. The number of carbonyl (C=O) groups is 1. The molecule has 0 N–H and O–H groups in total. The van der Waals surface area contributed by atoms with Gasteiger partial charge in [0.05, 0.1) is 5.69 Å². The van der Waals surface area contributed by atoms with E-state index >= 15 is 0 Å². The molecule has 0 aliphatic carbocycles. The second-order valence-electron chi connectivity index (χ2n) is 4.92. The van der Waals surface area contributed by atoms with Crippen LogP contribution >= 0.6 is 12.4 Å². The Kier molecular flexibility index (Phi) is 6.19. The largest absolute Gasteiger partial charge is 0.273 e. The molecule has 0 aliphatic rings. The van der Waals surface area contributed by atoms with Crippen LogP contribution in [0.1, 0.15) is 26.3 Å². The van der Waals surface area contributed by atoms with Gasteiger partial charge in [0.2, 0.25) is 5.91 Å². The first-order valence-corrected chi connectivity index (χ1v) is 7.14. The Morgan fingerprint density at radius 3 is 2.24 bits per heavy atom. The van der Waals surface area contributed by atoms with Gasteiger partial charge in [-0.2, -0.15) is 0 Å². The Morgan fingerprint density at radius 1 is 1.05 bits per heavy atom. The third-order valence-electron chi connectivity index (χ3n) is 3.63. The summed E-state index contributed by atoms with van der Waals surface area (Å²) in [6.07, 6.45) is 0. The number of hydrogen-bond acceptors (Lipinski definition) is 2. The van der Waals surface area contributed by atoms with Crippen molar-refractivity contribution in [3.05, 3.63) is 42.0 Å². The first-order valence-electron chi connectivity index (χ1n) is 7.14. The zero-order chi connectivity index (χ0) is 14.7. The number of amides is 1. The smallest absolute Gasteiger partial charge is 0.238 e. The highest BCUT2D eigenvalue weighted by Gasteiger charge is 2.21. The Balaban J connectivity index is 0.00000220. The molecule has 2 rings (SSSR count). The maximum Gasteiger partial charge on any atom is 0.238 e. The van der Waals surface area contributed by atoms with E-state index in [0.717, 1.165) is 35.1 Å². The van der Waals surface area contributed by atoms with Crippen LogP contribution in [0.25, 0.3) is 10.8 Å². The number of benzene rings is 2. The lowest BCUT2D eigenvalue weighted by Gasteiger charge is -2.34. The molecule has 4 heteroatoms. The van der Waals surface area contributed by atoms with Gasteiger partial charge < -0.3 is 0 Å².